The standard InChI is InChI=1S/C18H14Cl4FNO/c1-9-5-11(8-12(19)6-9)15-16(18(15,21)22)17(25)24(23)13-3-4-14(20)10(2)7-13/h3-8,15-16H,1-2H3. The van der Waals surface area contributed by atoms with E-state index in [1.807, 2.05) is 13.0 Å². The second kappa shape index (κ2) is 6.62. The van der Waals surface area contributed by atoms with Gasteiger partial charge in [-0.1, -0.05) is 33.7 Å². The first-order valence-corrected chi connectivity index (χ1v) is 9.05. The van der Waals surface area contributed by atoms with Crippen molar-refractivity contribution in [3.63, 3.8) is 0 Å². The molecule has 25 heavy (non-hydrogen) atoms. The number of carbonyl (C=O) groups excluding carboxylic acids is 1. The highest BCUT2D eigenvalue weighted by Gasteiger charge is 2.68. The number of nitrogens with zero attached hydrogens (tertiary/aromatic N) is 1. The molecule has 2 nitrogen and oxygen atoms in total. The Balaban J connectivity index is 1.87. The highest BCUT2D eigenvalue weighted by molar-refractivity contribution is 6.53. The van der Waals surface area contributed by atoms with Gasteiger partial charge < -0.3 is 0 Å². The summed E-state index contributed by atoms with van der Waals surface area (Å²) in [5, 5.41) is 1.08. The molecule has 2 aromatic carbocycles. The first-order chi connectivity index (χ1) is 11.6. The van der Waals surface area contributed by atoms with E-state index in [1.165, 1.54) is 18.2 Å². The van der Waals surface area contributed by atoms with Crippen LogP contribution in [0.1, 0.15) is 22.6 Å². The van der Waals surface area contributed by atoms with Crippen molar-refractivity contribution in [1.82, 2.24) is 0 Å². The number of aryl methyl sites for hydroxylation is 2. The van der Waals surface area contributed by atoms with Crippen molar-refractivity contribution >= 4 is 58.0 Å². The van der Waals surface area contributed by atoms with E-state index in [4.69, 9.17) is 46.4 Å². The van der Waals surface area contributed by atoms with Crippen LogP contribution in [0.4, 0.5) is 10.2 Å². The van der Waals surface area contributed by atoms with Crippen LogP contribution in [0.3, 0.4) is 0 Å². The number of hydrogen-bond donors (Lipinski definition) is 0. The van der Waals surface area contributed by atoms with Crippen LogP contribution in [0.25, 0.3) is 0 Å². The maximum absolute atomic E-state index is 14.6. The normalized spacial score (nSPS) is 21.1. The molecule has 0 bridgehead atoms. The molecule has 1 fully saturated rings. The highest BCUT2D eigenvalue weighted by atomic mass is 35.5. The zero-order chi connectivity index (χ0) is 18.5. The summed E-state index contributed by atoms with van der Waals surface area (Å²) in [6, 6.07) is 9.78. The molecule has 1 saturated carbocycles. The summed E-state index contributed by atoms with van der Waals surface area (Å²) in [6.07, 6.45) is 0. The quantitative estimate of drug-likeness (QED) is 0.414. The van der Waals surface area contributed by atoms with Crippen molar-refractivity contribution < 1.29 is 9.28 Å². The second-order valence-corrected chi connectivity index (χ2v) is 8.53. The molecular weight excluding hydrogens is 407 g/mol. The number of halogens is 5. The van der Waals surface area contributed by atoms with Crippen molar-refractivity contribution in [2.45, 2.75) is 24.1 Å². The van der Waals surface area contributed by atoms with Crippen molar-refractivity contribution in [3.8, 4) is 0 Å². The molecular formula is C18H14Cl4FNO. The number of anilines is 1. The predicted octanol–water partition coefficient (Wildman–Crippen LogP) is 6.42. The van der Waals surface area contributed by atoms with Crippen LogP contribution >= 0.6 is 46.4 Å². The zero-order valence-electron chi connectivity index (χ0n) is 13.4. The van der Waals surface area contributed by atoms with Crippen LogP contribution in [-0.4, -0.2) is 10.2 Å². The fourth-order valence-electron chi connectivity index (χ4n) is 2.99. The van der Waals surface area contributed by atoms with E-state index in [9.17, 15) is 9.28 Å². The lowest BCUT2D eigenvalue weighted by atomic mass is 10.1. The molecule has 3 rings (SSSR count). The Morgan fingerprint density at radius 1 is 1.12 bits per heavy atom. The Morgan fingerprint density at radius 2 is 1.80 bits per heavy atom. The topological polar surface area (TPSA) is 20.3 Å². The minimum absolute atomic E-state index is 0.0743. The molecule has 0 spiro atoms. The van der Waals surface area contributed by atoms with E-state index < -0.39 is 22.1 Å². The molecule has 7 heteroatoms. The summed E-state index contributed by atoms with van der Waals surface area (Å²) >= 11 is 24.6. The third-order valence-electron chi connectivity index (χ3n) is 4.30. The molecule has 1 amide bonds. The Morgan fingerprint density at radius 3 is 2.40 bits per heavy atom. The average Bonchev–Trinajstić information content (AvgIpc) is 3.10. The van der Waals surface area contributed by atoms with Crippen molar-refractivity contribution in [2.24, 2.45) is 5.92 Å². The van der Waals surface area contributed by atoms with Crippen LogP contribution in [0, 0.1) is 19.8 Å². The Kier molecular flexibility index (Phi) is 4.97. The predicted molar refractivity (Wildman–Crippen MR) is 102 cm³/mol. The first-order valence-electron chi connectivity index (χ1n) is 7.53. The molecule has 2 aromatic rings. The fourth-order valence-corrected chi connectivity index (χ4v) is 4.23. The van der Waals surface area contributed by atoms with Crippen LogP contribution < -0.4 is 5.12 Å². The minimum Gasteiger partial charge on any atom is -0.271 e. The average molecular weight is 421 g/mol. The fraction of sp³-hybridized carbons (Fsp3) is 0.278. The van der Waals surface area contributed by atoms with Crippen LogP contribution in [0.2, 0.25) is 10.0 Å². The van der Waals surface area contributed by atoms with Gasteiger partial charge in [0.15, 0.2) is 0 Å². The smallest absolute Gasteiger partial charge is 0.261 e. The lowest BCUT2D eigenvalue weighted by Gasteiger charge is -2.13. The third kappa shape index (κ3) is 3.48. The van der Waals surface area contributed by atoms with E-state index in [-0.39, 0.29) is 10.8 Å². The highest BCUT2D eigenvalue weighted by Crippen LogP contribution is 2.65. The van der Waals surface area contributed by atoms with E-state index in [2.05, 4.69) is 0 Å². The SMILES string of the molecule is Cc1cc(Cl)cc(C2C(C(=O)N(F)c3ccc(Cl)c(C)c3)C2(Cl)Cl)c1. The summed E-state index contributed by atoms with van der Waals surface area (Å²) in [7, 11) is 0. The molecule has 0 aliphatic heterocycles. The lowest BCUT2D eigenvalue weighted by molar-refractivity contribution is -0.122. The van der Waals surface area contributed by atoms with E-state index in [0.29, 0.717) is 21.2 Å². The number of amides is 1. The van der Waals surface area contributed by atoms with Gasteiger partial charge in [-0.15, -0.1) is 28.3 Å². The number of rotatable bonds is 3. The van der Waals surface area contributed by atoms with Gasteiger partial charge in [0.2, 0.25) is 0 Å². The second-order valence-electron chi connectivity index (χ2n) is 6.24. The number of carbonyl (C=O) groups is 1. The van der Waals surface area contributed by atoms with E-state index in [0.717, 1.165) is 5.56 Å². The Hall–Kier alpha value is -1.000. The Labute approximate surface area is 165 Å². The lowest BCUT2D eigenvalue weighted by Crippen LogP contribution is -2.26. The summed E-state index contributed by atoms with van der Waals surface area (Å²) in [5.74, 6) is -2.21. The van der Waals surface area contributed by atoms with Crippen molar-refractivity contribution in [2.75, 3.05) is 5.12 Å². The van der Waals surface area contributed by atoms with E-state index >= 15 is 0 Å². The molecule has 1 aliphatic carbocycles. The number of hydrogen-bond acceptors (Lipinski definition) is 1. The molecule has 0 aromatic heterocycles. The molecule has 0 radical (unpaired) electrons. The zero-order valence-corrected chi connectivity index (χ0v) is 16.4. The minimum atomic E-state index is -1.37. The molecule has 0 heterocycles. The summed E-state index contributed by atoms with van der Waals surface area (Å²) in [4.78, 5) is 12.6. The number of alkyl halides is 2. The maximum Gasteiger partial charge on any atom is 0.261 e. The molecule has 0 saturated heterocycles. The summed E-state index contributed by atoms with van der Waals surface area (Å²) < 4.78 is 13.2. The van der Waals surface area contributed by atoms with Gasteiger partial charge in [0.25, 0.3) is 5.91 Å². The van der Waals surface area contributed by atoms with Gasteiger partial charge in [0.05, 0.1) is 11.6 Å². The van der Waals surface area contributed by atoms with Gasteiger partial charge in [-0.2, -0.15) is 0 Å². The van der Waals surface area contributed by atoms with Gasteiger partial charge in [-0.25, -0.2) is 0 Å². The third-order valence-corrected chi connectivity index (χ3v) is 5.89. The van der Waals surface area contributed by atoms with E-state index in [1.54, 1.807) is 19.1 Å². The molecule has 0 N–H and O–H groups in total. The van der Waals surface area contributed by atoms with Gasteiger partial charge in [-0.3, -0.25) is 4.79 Å². The van der Waals surface area contributed by atoms with Gasteiger partial charge in [0.1, 0.15) is 4.33 Å². The van der Waals surface area contributed by atoms with Crippen molar-refractivity contribution in [3.05, 3.63) is 63.1 Å². The maximum atomic E-state index is 14.6. The van der Waals surface area contributed by atoms with Crippen LogP contribution in [0.5, 0.6) is 0 Å². The molecule has 132 valence electrons. The van der Waals surface area contributed by atoms with Crippen LogP contribution in [0.15, 0.2) is 36.4 Å². The first kappa shape index (κ1) is 18.8. The largest absolute Gasteiger partial charge is 0.271 e. The van der Waals surface area contributed by atoms with Gasteiger partial charge in [-0.05, 0) is 60.9 Å². The Bertz CT molecular complexity index is 835. The summed E-state index contributed by atoms with van der Waals surface area (Å²) in [5.41, 5.74) is 2.38. The van der Waals surface area contributed by atoms with Crippen molar-refractivity contribution in [1.29, 1.82) is 0 Å². The molecule has 2 unspecified atom stereocenters. The van der Waals surface area contributed by atoms with Crippen LogP contribution in [-0.2, 0) is 4.79 Å². The molecule has 1 aliphatic rings. The molecule has 2 atom stereocenters. The van der Waals surface area contributed by atoms with Gasteiger partial charge >= 0.3 is 0 Å². The van der Waals surface area contributed by atoms with Gasteiger partial charge in [0, 0.05) is 16.0 Å². The number of benzene rings is 2. The monoisotopic (exact) mass is 419 g/mol. The summed E-state index contributed by atoms with van der Waals surface area (Å²) in [6.45, 7) is 3.60.